The minimum absolute atomic E-state index is 0.453. The van der Waals surface area contributed by atoms with Gasteiger partial charge in [0.05, 0.1) is 0 Å². The van der Waals surface area contributed by atoms with Crippen LogP contribution in [0.5, 0.6) is 0 Å². The molecule has 15 heavy (non-hydrogen) atoms. The number of carbonyl (C=O) groups is 1. The molecule has 0 radical (unpaired) electrons. The molecular formula is C10H9N3OS. The van der Waals surface area contributed by atoms with Crippen LogP contribution in [0.1, 0.15) is 10.4 Å². The smallest absolute Gasteiger partial charge is 0.249 e. The lowest BCUT2D eigenvalue weighted by Gasteiger charge is -2.01. The SMILES string of the molecule is NC(=O)c1ccccc1-c1nc(N)cs1. The van der Waals surface area contributed by atoms with E-state index < -0.39 is 5.91 Å². The number of nitrogen functional groups attached to an aromatic ring is 1. The second kappa shape index (κ2) is 3.70. The van der Waals surface area contributed by atoms with E-state index in [2.05, 4.69) is 4.98 Å². The van der Waals surface area contributed by atoms with E-state index in [0.29, 0.717) is 16.4 Å². The molecule has 0 aliphatic rings. The van der Waals surface area contributed by atoms with E-state index in [9.17, 15) is 4.79 Å². The third kappa shape index (κ3) is 1.82. The summed E-state index contributed by atoms with van der Waals surface area (Å²) in [6.45, 7) is 0. The number of hydrogen-bond donors (Lipinski definition) is 2. The summed E-state index contributed by atoms with van der Waals surface area (Å²) in [6.07, 6.45) is 0. The Morgan fingerprint density at radius 3 is 2.67 bits per heavy atom. The van der Waals surface area contributed by atoms with Crippen LogP contribution < -0.4 is 11.5 Å². The zero-order valence-electron chi connectivity index (χ0n) is 7.81. The number of hydrogen-bond acceptors (Lipinski definition) is 4. The van der Waals surface area contributed by atoms with Gasteiger partial charge in [0.25, 0.3) is 0 Å². The molecule has 5 heteroatoms. The van der Waals surface area contributed by atoms with Gasteiger partial charge in [-0.1, -0.05) is 18.2 Å². The van der Waals surface area contributed by atoms with E-state index >= 15 is 0 Å². The Balaban J connectivity index is 2.57. The molecule has 1 aromatic heterocycles. The van der Waals surface area contributed by atoms with Crippen molar-refractivity contribution in [3.63, 3.8) is 0 Å². The predicted octanol–water partition coefficient (Wildman–Crippen LogP) is 1.49. The van der Waals surface area contributed by atoms with Crippen molar-refractivity contribution in [1.82, 2.24) is 4.98 Å². The van der Waals surface area contributed by atoms with Crippen LogP contribution in [0.25, 0.3) is 10.6 Å². The molecule has 1 heterocycles. The summed E-state index contributed by atoms with van der Waals surface area (Å²) in [5.74, 6) is -0.00588. The van der Waals surface area contributed by atoms with Crippen molar-refractivity contribution < 1.29 is 4.79 Å². The highest BCUT2D eigenvalue weighted by Gasteiger charge is 2.11. The molecule has 0 saturated heterocycles. The second-order valence-electron chi connectivity index (χ2n) is 2.99. The molecule has 2 rings (SSSR count). The molecule has 0 aliphatic carbocycles. The van der Waals surface area contributed by atoms with Gasteiger partial charge in [-0.25, -0.2) is 4.98 Å². The Morgan fingerprint density at radius 1 is 1.33 bits per heavy atom. The molecule has 1 amide bonds. The van der Waals surface area contributed by atoms with E-state index in [1.807, 2.05) is 6.07 Å². The van der Waals surface area contributed by atoms with Crippen molar-refractivity contribution >= 4 is 23.1 Å². The highest BCUT2D eigenvalue weighted by Crippen LogP contribution is 2.27. The number of rotatable bonds is 2. The first-order chi connectivity index (χ1) is 7.18. The summed E-state index contributed by atoms with van der Waals surface area (Å²) in [5.41, 5.74) is 12.0. The maximum atomic E-state index is 11.2. The topological polar surface area (TPSA) is 82.0 Å². The number of aromatic nitrogens is 1. The quantitative estimate of drug-likeness (QED) is 0.802. The summed E-state index contributed by atoms with van der Waals surface area (Å²) in [4.78, 5) is 15.3. The summed E-state index contributed by atoms with van der Waals surface area (Å²) in [7, 11) is 0. The fourth-order valence-corrected chi connectivity index (χ4v) is 2.04. The van der Waals surface area contributed by atoms with Crippen molar-refractivity contribution in [2.24, 2.45) is 5.73 Å². The van der Waals surface area contributed by atoms with E-state index in [1.54, 1.807) is 23.6 Å². The van der Waals surface area contributed by atoms with Crippen LogP contribution in [0.2, 0.25) is 0 Å². The molecule has 0 spiro atoms. The molecule has 0 aliphatic heterocycles. The van der Waals surface area contributed by atoms with Gasteiger partial charge in [0, 0.05) is 16.5 Å². The number of nitrogens with two attached hydrogens (primary N) is 2. The number of benzene rings is 1. The van der Waals surface area contributed by atoms with E-state index in [0.717, 1.165) is 5.56 Å². The fraction of sp³-hybridized carbons (Fsp3) is 0. The zero-order valence-corrected chi connectivity index (χ0v) is 8.62. The Bertz CT molecular complexity index is 507. The largest absolute Gasteiger partial charge is 0.383 e. The van der Waals surface area contributed by atoms with E-state index in [4.69, 9.17) is 11.5 Å². The lowest BCUT2D eigenvalue weighted by molar-refractivity contribution is 0.100. The molecule has 0 bridgehead atoms. The Hall–Kier alpha value is -1.88. The fourth-order valence-electron chi connectivity index (χ4n) is 1.29. The first-order valence-corrected chi connectivity index (χ1v) is 5.16. The molecule has 4 N–H and O–H groups in total. The van der Waals surface area contributed by atoms with Crippen LogP contribution in [0, 0.1) is 0 Å². The van der Waals surface area contributed by atoms with Crippen LogP contribution in [0.4, 0.5) is 5.82 Å². The molecule has 2 aromatic rings. The van der Waals surface area contributed by atoms with Gasteiger partial charge in [0.1, 0.15) is 10.8 Å². The van der Waals surface area contributed by atoms with Gasteiger partial charge in [0.2, 0.25) is 5.91 Å². The van der Waals surface area contributed by atoms with Gasteiger partial charge in [-0.2, -0.15) is 0 Å². The maximum Gasteiger partial charge on any atom is 0.249 e. The van der Waals surface area contributed by atoms with Crippen LogP contribution in [-0.2, 0) is 0 Å². The highest BCUT2D eigenvalue weighted by atomic mass is 32.1. The van der Waals surface area contributed by atoms with Crippen molar-refractivity contribution in [2.45, 2.75) is 0 Å². The standard InChI is InChI=1S/C10H9N3OS/c11-8-5-15-10(13-8)7-4-2-1-3-6(7)9(12)14/h1-5H,11H2,(H2,12,14). The summed E-state index contributed by atoms with van der Waals surface area (Å²) < 4.78 is 0. The molecule has 0 unspecified atom stereocenters. The van der Waals surface area contributed by atoms with Crippen LogP contribution in [-0.4, -0.2) is 10.9 Å². The summed E-state index contributed by atoms with van der Waals surface area (Å²) >= 11 is 1.39. The van der Waals surface area contributed by atoms with Gasteiger partial charge < -0.3 is 11.5 Å². The Labute approximate surface area is 90.6 Å². The van der Waals surface area contributed by atoms with Crippen LogP contribution in [0.15, 0.2) is 29.6 Å². The van der Waals surface area contributed by atoms with E-state index in [-0.39, 0.29) is 0 Å². The monoisotopic (exact) mass is 219 g/mol. The molecule has 4 nitrogen and oxygen atoms in total. The highest BCUT2D eigenvalue weighted by molar-refractivity contribution is 7.13. The van der Waals surface area contributed by atoms with Crippen LogP contribution in [0.3, 0.4) is 0 Å². The van der Waals surface area contributed by atoms with Gasteiger partial charge in [-0.15, -0.1) is 11.3 Å². The number of amides is 1. The van der Waals surface area contributed by atoms with Gasteiger partial charge in [-0.3, -0.25) is 4.79 Å². The van der Waals surface area contributed by atoms with Gasteiger partial charge in [0.15, 0.2) is 0 Å². The van der Waals surface area contributed by atoms with Crippen molar-refractivity contribution in [2.75, 3.05) is 5.73 Å². The lowest BCUT2D eigenvalue weighted by Crippen LogP contribution is -2.12. The van der Waals surface area contributed by atoms with Gasteiger partial charge >= 0.3 is 0 Å². The average Bonchev–Trinajstić information content (AvgIpc) is 2.65. The number of nitrogens with zero attached hydrogens (tertiary/aromatic N) is 1. The summed E-state index contributed by atoms with van der Waals surface area (Å²) in [6, 6.07) is 7.08. The van der Waals surface area contributed by atoms with Crippen molar-refractivity contribution in [1.29, 1.82) is 0 Å². The lowest BCUT2D eigenvalue weighted by atomic mass is 10.1. The first kappa shape index (κ1) is 9.67. The normalized spacial score (nSPS) is 10.1. The Kier molecular flexibility index (Phi) is 2.39. The predicted molar refractivity (Wildman–Crippen MR) is 60.5 cm³/mol. The van der Waals surface area contributed by atoms with Crippen molar-refractivity contribution in [3.8, 4) is 10.6 Å². The zero-order chi connectivity index (χ0) is 10.8. The first-order valence-electron chi connectivity index (χ1n) is 4.28. The number of primary amides is 1. The second-order valence-corrected chi connectivity index (χ2v) is 3.85. The van der Waals surface area contributed by atoms with Crippen molar-refractivity contribution in [3.05, 3.63) is 35.2 Å². The Morgan fingerprint density at radius 2 is 2.07 bits per heavy atom. The molecule has 76 valence electrons. The summed E-state index contributed by atoms with van der Waals surface area (Å²) in [5, 5.41) is 2.44. The average molecular weight is 219 g/mol. The van der Waals surface area contributed by atoms with Gasteiger partial charge in [-0.05, 0) is 6.07 Å². The third-order valence-electron chi connectivity index (χ3n) is 1.94. The molecule has 0 fully saturated rings. The minimum Gasteiger partial charge on any atom is -0.383 e. The molecule has 0 saturated carbocycles. The third-order valence-corrected chi connectivity index (χ3v) is 2.84. The maximum absolute atomic E-state index is 11.2. The molecule has 1 aromatic carbocycles. The number of carbonyl (C=O) groups excluding carboxylic acids is 1. The molecule has 0 atom stereocenters. The number of anilines is 1. The minimum atomic E-state index is -0.459. The number of thiazole rings is 1. The van der Waals surface area contributed by atoms with Crippen LogP contribution >= 0.6 is 11.3 Å². The van der Waals surface area contributed by atoms with E-state index in [1.165, 1.54) is 11.3 Å². The molecular weight excluding hydrogens is 210 g/mol.